The Balaban J connectivity index is 2.62. The summed E-state index contributed by atoms with van der Waals surface area (Å²) in [4.78, 5) is 8.21. The van der Waals surface area contributed by atoms with Crippen LogP contribution in [-0.4, -0.2) is 26.7 Å². The second-order valence-corrected chi connectivity index (χ2v) is 2.94. The van der Waals surface area contributed by atoms with Gasteiger partial charge in [-0.3, -0.25) is 5.10 Å². The predicted octanol–water partition coefficient (Wildman–Crippen LogP) is 0.933. The summed E-state index contributed by atoms with van der Waals surface area (Å²) in [6, 6.07) is 1.73. The van der Waals surface area contributed by atoms with Crippen LogP contribution < -0.4 is 0 Å². The van der Waals surface area contributed by atoms with Crippen LogP contribution in [0.3, 0.4) is 0 Å². The van der Waals surface area contributed by atoms with Gasteiger partial charge >= 0.3 is 0 Å². The van der Waals surface area contributed by atoms with Gasteiger partial charge in [-0.05, 0) is 6.07 Å². The standard InChI is InChI=1S/C7H8N4OS/c1-12-4-5-9-7-8-3-2-6(13)11(7)10-5/h2-3H,4H2,1H3,(H,8,9,10). The molecule has 5 nitrogen and oxygen atoms in total. The Kier molecular flexibility index (Phi) is 2.07. The average molecular weight is 196 g/mol. The van der Waals surface area contributed by atoms with Crippen molar-refractivity contribution in [2.24, 2.45) is 0 Å². The summed E-state index contributed by atoms with van der Waals surface area (Å²) in [6.07, 6.45) is 1.63. The second kappa shape index (κ2) is 3.23. The van der Waals surface area contributed by atoms with Gasteiger partial charge in [0.15, 0.2) is 5.82 Å². The fourth-order valence-electron chi connectivity index (χ4n) is 1.06. The van der Waals surface area contributed by atoms with Crippen molar-refractivity contribution in [3.63, 3.8) is 0 Å². The number of aromatic nitrogens is 4. The molecule has 0 bridgehead atoms. The van der Waals surface area contributed by atoms with E-state index in [4.69, 9.17) is 17.0 Å². The molecule has 2 heterocycles. The van der Waals surface area contributed by atoms with Gasteiger partial charge in [0.2, 0.25) is 0 Å². The van der Waals surface area contributed by atoms with Crippen LogP contribution in [0, 0.1) is 4.64 Å². The minimum atomic E-state index is 0.429. The van der Waals surface area contributed by atoms with Gasteiger partial charge in [0.05, 0.1) is 0 Å². The minimum absolute atomic E-state index is 0.429. The molecule has 0 amide bonds. The molecular formula is C7H8N4OS. The molecule has 2 aromatic rings. The van der Waals surface area contributed by atoms with Gasteiger partial charge in [-0.1, -0.05) is 12.2 Å². The first kappa shape index (κ1) is 8.33. The summed E-state index contributed by atoms with van der Waals surface area (Å²) >= 11 is 5.06. The Morgan fingerprint density at radius 1 is 1.69 bits per heavy atom. The molecule has 0 aromatic carbocycles. The molecule has 1 N–H and O–H groups in total. The topological polar surface area (TPSA) is 55.2 Å². The van der Waals surface area contributed by atoms with E-state index in [-0.39, 0.29) is 0 Å². The van der Waals surface area contributed by atoms with Gasteiger partial charge in [-0.25, -0.2) is 9.50 Å². The third kappa shape index (κ3) is 1.45. The molecule has 2 aromatic heterocycles. The highest BCUT2D eigenvalue weighted by Gasteiger charge is 2.01. The maximum atomic E-state index is 5.06. The largest absolute Gasteiger partial charge is 0.377 e. The molecule has 0 aliphatic rings. The molecule has 68 valence electrons. The first-order chi connectivity index (χ1) is 6.31. The molecule has 0 fully saturated rings. The van der Waals surface area contributed by atoms with E-state index in [1.165, 1.54) is 0 Å². The molecule has 0 atom stereocenters. The Hall–Kier alpha value is -1.27. The normalized spacial score (nSPS) is 10.8. The summed E-state index contributed by atoms with van der Waals surface area (Å²) in [7, 11) is 1.61. The lowest BCUT2D eigenvalue weighted by Gasteiger charge is -1.90. The molecule has 2 rings (SSSR count). The number of aromatic amines is 1. The summed E-state index contributed by atoms with van der Waals surface area (Å²) < 4.78 is 7.22. The quantitative estimate of drug-likeness (QED) is 0.726. The lowest BCUT2D eigenvalue weighted by Crippen LogP contribution is -1.92. The van der Waals surface area contributed by atoms with Gasteiger partial charge in [0.25, 0.3) is 5.78 Å². The van der Waals surface area contributed by atoms with E-state index in [1.807, 2.05) is 0 Å². The molecule has 0 saturated heterocycles. The van der Waals surface area contributed by atoms with Crippen molar-refractivity contribution in [3.05, 3.63) is 22.7 Å². The SMILES string of the molecule is COCc1nc2nccc(=S)n2[nH]1. The van der Waals surface area contributed by atoms with Crippen LogP contribution in [-0.2, 0) is 11.3 Å². The van der Waals surface area contributed by atoms with Crippen LogP contribution in [0.15, 0.2) is 12.3 Å². The van der Waals surface area contributed by atoms with Crippen molar-refractivity contribution in [1.29, 1.82) is 0 Å². The van der Waals surface area contributed by atoms with E-state index >= 15 is 0 Å². The number of rotatable bonds is 2. The fourth-order valence-corrected chi connectivity index (χ4v) is 1.25. The van der Waals surface area contributed by atoms with Crippen LogP contribution in [0.5, 0.6) is 0 Å². The third-order valence-corrected chi connectivity index (χ3v) is 1.90. The van der Waals surface area contributed by atoms with Crippen molar-refractivity contribution in [2.45, 2.75) is 6.61 Å². The van der Waals surface area contributed by atoms with Crippen LogP contribution in [0.1, 0.15) is 5.82 Å². The van der Waals surface area contributed by atoms with E-state index in [0.717, 1.165) is 0 Å². The molecule has 0 saturated carbocycles. The highest BCUT2D eigenvalue weighted by molar-refractivity contribution is 7.71. The Morgan fingerprint density at radius 2 is 2.54 bits per heavy atom. The lowest BCUT2D eigenvalue weighted by molar-refractivity contribution is 0.178. The number of H-pyrrole nitrogens is 1. The van der Waals surface area contributed by atoms with Crippen molar-refractivity contribution < 1.29 is 4.74 Å². The van der Waals surface area contributed by atoms with Crippen molar-refractivity contribution >= 4 is 18.0 Å². The predicted molar refractivity (Wildman–Crippen MR) is 48.9 cm³/mol. The van der Waals surface area contributed by atoms with E-state index in [1.54, 1.807) is 23.9 Å². The highest BCUT2D eigenvalue weighted by Crippen LogP contribution is 1.99. The van der Waals surface area contributed by atoms with Crippen LogP contribution >= 0.6 is 12.2 Å². The van der Waals surface area contributed by atoms with Crippen LogP contribution in [0.25, 0.3) is 5.78 Å². The number of methoxy groups -OCH3 is 1. The summed E-state index contributed by atoms with van der Waals surface area (Å²) in [5.41, 5.74) is 0. The van der Waals surface area contributed by atoms with E-state index in [0.29, 0.717) is 22.8 Å². The van der Waals surface area contributed by atoms with E-state index in [2.05, 4.69) is 15.1 Å². The highest BCUT2D eigenvalue weighted by atomic mass is 32.1. The number of ether oxygens (including phenoxy) is 1. The molecule has 0 spiro atoms. The summed E-state index contributed by atoms with van der Waals surface area (Å²) in [5, 5.41) is 2.98. The van der Waals surface area contributed by atoms with Gasteiger partial charge in [-0.15, -0.1) is 0 Å². The van der Waals surface area contributed by atoms with E-state index < -0.39 is 0 Å². The first-order valence-electron chi connectivity index (χ1n) is 3.73. The number of hydrogen-bond donors (Lipinski definition) is 1. The van der Waals surface area contributed by atoms with Crippen molar-refractivity contribution in [2.75, 3.05) is 7.11 Å². The molecule has 0 aliphatic carbocycles. The Morgan fingerprint density at radius 3 is 3.23 bits per heavy atom. The van der Waals surface area contributed by atoms with Gasteiger partial charge in [0.1, 0.15) is 11.2 Å². The fraction of sp³-hybridized carbons (Fsp3) is 0.286. The summed E-state index contributed by atoms with van der Waals surface area (Å²) in [5.74, 6) is 1.28. The Bertz CT molecular complexity index is 475. The summed E-state index contributed by atoms with van der Waals surface area (Å²) in [6.45, 7) is 0.429. The smallest absolute Gasteiger partial charge is 0.251 e. The molecule has 6 heteroatoms. The lowest BCUT2D eigenvalue weighted by atomic mass is 10.7. The van der Waals surface area contributed by atoms with Crippen LogP contribution in [0.4, 0.5) is 0 Å². The van der Waals surface area contributed by atoms with Gasteiger partial charge in [-0.2, -0.15) is 4.98 Å². The minimum Gasteiger partial charge on any atom is -0.377 e. The maximum absolute atomic E-state index is 5.06. The zero-order chi connectivity index (χ0) is 9.26. The molecule has 0 aliphatic heterocycles. The number of nitrogens with one attached hydrogen (secondary N) is 1. The number of nitrogens with zero attached hydrogens (tertiary/aromatic N) is 3. The van der Waals surface area contributed by atoms with Crippen LogP contribution in [0.2, 0.25) is 0 Å². The van der Waals surface area contributed by atoms with Gasteiger partial charge in [0, 0.05) is 13.3 Å². The number of hydrogen-bond acceptors (Lipinski definition) is 4. The maximum Gasteiger partial charge on any atom is 0.251 e. The number of fused-ring (bicyclic) bond motifs is 1. The van der Waals surface area contributed by atoms with Crippen molar-refractivity contribution in [1.82, 2.24) is 19.6 Å². The molecule has 0 radical (unpaired) electrons. The van der Waals surface area contributed by atoms with Crippen molar-refractivity contribution in [3.8, 4) is 0 Å². The molecule has 13 heavy (non-hydrogen) atoms. The monoisotopic (exact) mass is 196 g/mol. The first-order valence-corrected chi connectivity index (χ1v) is 4.13. The molecular weight excluding hydrogens is 188 g/mol. The average Bonchev–Trinajstić information content (AvgIpc) is 2.49. The molecule has 0 unspecified atom stereocenters. The second-order valence-electron chi connectivity index (χ2n) is 2.52. The Labute approximate surface area is 79.4 Å². The zero-order valence-electron chi connectivity index (χ0n) is 7.02. The van der Waals surface area contributed by atoms with E-state index in [9.17, 15) is 0 Å². The zero-order valence-corrected chi connectivity index (χ0v) is 7.84. The third-order valence-electron chi connectivity index (χ3n) is 1.58. The van der Waals surface area contributed by atoms with Gasteiger partial charge < -0.3 is 4.74 Å².